The van der Waals surface area contributed by atoms with E-state index in [0.29, 0.717) is 19.3 Å². The third kappa shape index (κ3) is 56.8. The minimum atomic E-state index is -4.77. The molecule has 78 heavy (non-hydrogen) atoms. The van der Waals surface area contributed by atoms with E-state index in [1.165, 1.54) is 70.6 Å². The lowest BCUT2D eigenvalue weighted by molar-refractivity contribution is -0.161. The molecule has 0 aliphatic heterocycles. The molecule has 0 rings (SSSR count). The van der Waals surface area contributed by atoms with Crippen molar-refractivity contribution in [2.45, 2.75) is 264 Å². The van der Waals surface area contributed by atoms with Gasteiger partial charge in [0.1, 0.15) is 12.7 Å². The van der Waals surface area contributed by atoms with Gasteiger partial charge in [-0.3, -0.25) is 23.4 Å². The summed E-state index contributed by atoms with van der Waals surface area (Å²) in [6, 6.07) is 0. The van der Waals surface area contributed by atoms with Gasteiger partial charge in [0.2, 0.25) is 0 Å². The maximum Gasteiger partial charge on any atom is 0.472 e. The van der Waals surface area contributed by atoms with Crippen LogP contribution in [0.3, 0.4) is 0 Å². The fraction of sp³-hybridized carbons (Fsp3) is 0.682. The number of carbonyl (C=O) groups excluding carboxylic acids is 3. The molecule has 11 nitrogen and oxygen atoms in total. The van der Waals surface area contributed by atoms with Gasteiger partial charge in [-0.1, -0.05) is 220 Å². The van der Waals surface area contributed by atoms with E-state index in [-0.39, 0.29) is 25.9 Å². The molecule has 3 unspecified atom stereocenters. The van der Waals surface area contributed by atoms with Gasteiger partial charge in [0.15, 0.2) is 6.10 Å². The van der Waals surface area contributed by atoms with Crippen molar-refractivity contribution in [3.05, 3.63) is 109 Å². The van der Waals surface area contributed by atoms with Crippen LogP contribution in [-0.4, -0.2) is 66.5 Å². The van der Waals surface area contributed by atoms with Gasteiger partial charge in [0.05, 0.1) is 19.8 Å². The number of aliphatic hydroxyl groups excluding tert-OH is 1. The van der Waals surface area contributed by atoms with Crippen molar-refractivity contribution in [1.82, 2.24) is 0 Å². The molecule has 0 bridgehead atoms. The second-order valence-electron chi connectivity index (χ2n) is 20.1. The van der Waals surface area contributed by atoms with Crippen LogP contribution in [0, 0.1) is 0 Å². The summed E-state index contributed by atoms with van der Waals surface area (Å²) in [6.45, 7) is 4.34. The summed E-state index contributed by atoms with van der Waals surface area (Å²) in [5.74, 6) is -1.53. The predicted octanol–water partition coefficient (Wildman–Crippen LogP) is 18.6. The Kier molecular flexibility index (Phi) is 56.3. The quantitative estimate of drug-likeness (QED) is 0.0197. The highest BCUT2D eigenvalue weighted by Gasteiger charge is 2.28. The van der Waals surface area contributed by atoms with Crippen LogP contribution in [0.15, 0.2) is 109 Å². The van der Waals surface area contributed by atoms with Crippen LogP contribution < -0.4 is 0 Å². The monoisotopic (exact) mass is 1110 g/mol. The Hall–Kier alpha value is -3.86. The Labute approximate surface area is 475 Å². The number of hydrogen-bond donors (Lipinski definition) is 2. The van der Waals surface area contributed by atoms with Crippen LogP contribution >= 0.6 is 7.82 Å². The maximum atomic E-state index is 12.9. The van der Waals surface area contributed by atoms with Gasteiger partial charge >= 0.3 is 25.7 Å². The van der Waals surface area contributed by atoms with Crippen LogP contribution in [0.1, 0.15) is 252 Å². The van der Waals surface area contributed by atoms with Crippen molar-refractivity contribution in [1.29, 1.82) is 0 Å². The van der Waals surface area contributed by atoms with Gasteiger partial charge in [-0.2, -0.15) is 0 Å². The smallest absolute Gasteiger partial charge is 0.462 e. The average Bonchev–Trinajstić information content (AvgIpc) is 3.43. The van der Waals surface area contributed by atoms with Crippen molar-refractivity contribution in [2.24, 2.45) is 0 Å². The summed E-state index contributed by atoms with van der Waals surface area (Å²) in [6.07, 6.45) is 71.8. The fourth-order valence-corrected chi connectivity index (χ4v) is 8.82. The topological polar surface area (TPSA) is 155 Å². The number of allylic oxidation sites excluding steroid dienone is 18. The minimum Gasteiger partial charge on any atom is -0.462 e. The Morgan fingerprint density at radius 3 is 1.05 bits per heavy atom. The average molecular weight is 1110 g/mol. The molecule has 0 aliphatic rings. The Bertz CT molecular complexity index is 1720. The zero-order valence-electron chi connectivity index (χ0n) is 49.3. The van der Waals surface area contributed by atoms with Crippen LogP contribution in [-0.2, 0) is 42.2 Å². The molecule has 0 aliphatic carbocycles. The van der Waals surface area contributed by atoms with E-state index in [0.717, 1.165) is 122 Å². The number of esters is 3. The zero-order chi connectivity index (χ0) is 56.9. The highest BCUT2D eigenvalue weighted by molar-refractivity contribution is 7.47. The molecule has 0 saturated heterocycles. The second kappa shape index (κ2) is 59.3. The largest absolute Gasteiger partial charge is 0.472 e. The first-order valence-corrected chi connectivity index (χ1v) is 32.3. The summed E-state index contributed by atoms with van der Waals surface area (Å²) in [5, 5.41) is 9.84. The van der Waals surface area contributed by atoms with Gasteiger partial charge in [0.25, 0.3) is 0 Å². The number of unbranched alkanes of at least 4 members (excludes halogenated alkanes) is 21. The van der Waals surface area contributed by atoms with Gasteiger partial charge in [-0.25, -0.2) is 4.57 Å². The molecular formula is C66H111O11P. The summed E-state index contributed by atoms with van der Waals surface area (Å²) >= 11 is 0. The lowest BCUT2D eigenvalue weighted by atomic mass is 10.1. The molecule has 0 radical (unpaired) electrons. The molecule has 12 heteroatoms. The molecule has 446 valence electrons. The van der Waals surface area contributed by atoms with Crippen molar-refractivity contribution in [3.63, 3.8) is 0 Å². The molecule has 0 amide bonds. The van der Waals surface area contributed by atoms with Gasteiger partial charge < -0.3 is 24.2 Å². The molecule has 0 spiro atoms. The van der Waals surface area contributed by atoms with E-state index in [9.17, 15) is 28.9 Å². The Morgan fingerprint density at radius 1 is 0.372 bits per heavy atom. The molecule has 0 aromatic heterocycles. The normalized spacial score (nSPS) is 14.1. The van der Waals surface area contributed by atoms with Crippen molar-refractivity contribution in [2.75, 3.05) is 26.4 Å². The predicted molar refractivity (Wildman–Crippen MR) is 325 cm³/mol. The van der Waals surface area contributed by atoms with E-state index >= 15 is 0 Å². The summed E-state index contributed by atoms with van der Waals surface area (Å²) < 4.78 is 39.6. The van der Waals surface area contributed by atoms with Crippen LogP contribution in [0.4, 0.5) is 0 Å². The van der Waals surface area contributed by atoms with Crippen molar-refractivity contribution in [3.8, 4) is 0 Å². The van der Waals surface area contributed by atoms with Crippen molar-refractivity contribution >= 4 is 25.7 Å². The lowest BCUT2D eigenvalue weighted by Gasteiger charge is -2.21. The zero-order valence-corrected chi connectivity index (χ0v) is 50.2. The van der Waals surface area contributed by atoms with Crippen LogP contribution in [0.25, 0.3) is 0 Å². The van der Waals surface area contributed by atoms with E-state index in [1.54, 1.807) is 0 Å². The van der Waals surface area contributed by atoms with Gasteiger partial charge in [0, 0.05) is 19.3 Å². The Balaban J connectivity index is 4.76. The summed E-state index contributed by atoms with van der Waals surface area (Å²) in [7, 11) is -4.77. The van der Waals surface area contributed by atoms with Crippen LogP contribution in [0.2, 0.25) is 0 Å². The number of ether oxygens (including phenoxy) is 3. The van der Waals surface area contributed by atoms with Gasteiger partial charge in [-0.05, 0) is 122 Å². The summed E-state index contributed by atoms with van der Waals surface area (Å²) in [4.78, 5) is 48.7. The van der Waals surface area contributed by atoms with E-state index < -0.39 is 57.8 Å². The molecule has 0 fully saturated rings. The lowest BCUT2D eigenvalue weighted by Crippen LogP contribution is -2.30. The SMILES string of the molecule is CC/C=C\C/C=C\C/C=C\C/C=C\CCCCC(=O)OCC(COP(=O)(O)OCC(CO)OC(=O)CCCCCCCCC/C=C\C/C=C\C/C=C\CC)OC(=O)CCCCCCCCCCC/C=C\C/C=C\CCCCC. The molecule has 0 aromatic carbocycles. The number of phosphoric ester groups is 1. The standard InChI is InChI=1S/C66H111O11P/c1-4-7-10-13-16-19-22-25-28-30-31-33-36-39-42-45-48-51-54-57-66(70)77-63(59-73-64(68)55-52-49-46-43-40-37-34-27-24-21-18-15-12-9-6-3)61-75-78(71,72)74-60-62(58-67)76-65(69)56-53-50-47-44-41-38-35-32-29-26-23-20-17-14-11-8-5-2/h8-9,11-12,16-21,25-29,34,40,43,62-63,67H,4-7,10,13-15,22-24,30-33,35-39,41-42,44-61H2,1-3H3,(H,71,72)/b11-8-,12-9-,19-16-,20-17-,21-18-,28-25-,29-26-,34-27-,43-40-. The highest BCUT2D eigenvalue weighted by atomic mass is 31.2. The fourth-order valence-electron chi connectivity index (χ4n) is 8.04. The first-order chi connectivity index (χ1) is 38.2. The Morgan fingerprint density at radius 2 is 0.667 bits per heavy atom. The number of aliphatic hydroxyl groups is 1. The maximum absolute atomic E-state index is 12.9. The minimum absolute atomic E-state index is 0.148. The number of hydrogen-bond acceptors (Lipinski definition) is 10. The first-order valence-electron chi connectivity index (χ1n) is 30.8. The third-order valence-electron chi connectivity index (χ3n) is 12.7. The molecular weight excluding hydrogens is 1000 g/mol. The first kappa shape index (κ1) is 74.1. The molecule has 0 aromatic rings. The number of phosphoric acid groups is 1. The second-order valence-corrected chi connectivity index (χ2v) is 21.6. The van der Waals surface area contributed by atoms with Crippen LogP contribution in [0.5, 0.6) is 0 Å². The summed E-state index contributed by atoms with van der Waals surface area (Å²) in [5.41, 5.74) is 0. The molecule has 0 heterocycles. The number of rotatable bonds is 56. The molecule has 2 N–H and O–H groups in total. The third-order valence-corrected chi connectivity index (χ3v) is 13.6. The molecule has 3 atom stereocenters. The van der Waals surface area contributed by atoms with E-state index in [1.807, 2.05) is 0 Å². The highest BCUT2D eigenvalue weighted by Crippen LogP contribution is 2.43. The number of carbonyl (C=O) groups is 3. The van der Waals surface area contributed by atoms with E-state index in [4.69, 9.17) is 23.3 Å². The van der Waals surface area contributed by atoms with Crippen molar-refractivity contribution < 1.29 is 52.2 Å². The van der Waals surface area contributed by atoms with E-state index in [2.05, 4.69) is 130 Å². The molecule has 0 saturated carbocycles. The van der Waals surface area contributed by atoms with Gasteiger partial charge in [-0.15, -0.1) is 0 Å².